The summed E-state index contributed by atoms with van der Waals surface area (Å²) in [7, 11) is 0. The molecule has 1 aliphatic rings. The molecule has 0 saturated heterocycles. The van der Waals surface area contributed by atoms with Crippen LogP contribution in [0.2, 0.25) is 0 Å². The predicted molar refractivity (Wildman–Crippen MR) is 89.6 cm³/mol. The van der Waals surface area contributed by atoms with Crippen LogP contribution in [0.25, 0.3) is 21.9 Å². The summed E-state index contributed by atoms with van der Waals surface area (Å²) in [5.41, 5.74) is 2.29. The van der Waals surface area contributed by atoms with Crippen LogP contribution in [0.4, 0.5) is 10.5 Å². The molecular weight excluding hydrogens is 292 g/mol. The molecule has 5 nitrogen and oxygen atoms in total. The number of carbonyl (C=O) groups is 1. The molecule has 2 amide bonds. The first-order chi connectivity index (χ1) is 11.3. The van der Waals surface area contributed by atoms with Crippen molar-refractivity contribution in [1.82, 2.24) is 4.90 Å². The summed E-state index contributed by atoms with van der Waals surface area (Å²) in [5, 5.41) is 14.1. The number of hydrogen-bond acceptors (Lipinski definition) is 3. The first-order valence-electron chi connectivity index (χ1n) is 7.86. The number of carbonyl (C=O) groups excluding carboxylic acids is 1. The molecule has 1 aromatic heterocycles. The zero-order valence-electron chi connectivity index (χ0n) is 12.7. The van der Waals surface area contributed by atoms with Crippen molar-refractivity contribution in [1.29, 1.82) is 0 Å². The van der Waals surface area contributed by atoms with Crippen molar-refractivity contribution in [3.63, 3.8) is 0 Å². The van der Waals surface area contributed by atoms with Gasteiger partial charge in [0.2, 0.25) is 0 Å². The molecule has 4 rings (SSSR count). The number of rotatable bonds is 4. The van der Waals surface area contributed by atoms with E-state index in [9.17, 15) is 4.79 Å². The third-order valence-electron chi connectivity index (χ3n) is 4.22. The molecule has 1 saturated carbocycles. The van der Waals surface area contributed by atoms with Gasteiger partial charge < -0.3 is 19.7 Å². The van der Waals surface area contributed by atoms with Crippen molar-refractivity contribution in [2.24, 2.45) is 0 Å². The highest BCUT2D eigenvalue weighted by molar-refractivity contribution is 6.06. The van der Waals surface area contributed by atoms with E-state index in [-0.39, 0.29) is 18.7 Å². The molecule has 0 spiro atoms. The predicted octanol–water partition coefficient (Wildman–Crippen LogP) is 3.57. The van der Waals surface area contributed by atoms with Gasteiger partial charge in [0, 0.05) is 35.1 Å². The number of anilines is 1. The summed E-state index contributed by atoms with van der Waals surface area (Å²) in [4.78, 5) is 14.1. The minimum atomic E-state index is -0.169. The van der Waals surface area contributed by atoms with Gasteiger partial charge in [-0.05, 0) is 31.0 Å². The highest BCUT2D eigenvalue weighted by Gasteiger charge is 2.32. The van der Waals surface area contributed by atoms with Crippen LogP contribution in [-0.2, 0) is 0 Å². The third-order valence-corrected chi connectivity index (χ3v) is 4.22. The van der Waals surface area contributed by atoms with Crippen molar-refractivity contribution in [3.05, 3.63) is 42.5 Å². The fourth-order valence-corrected chi connectivity index (χ4v) is 2.94. The molecule has 3 aromatic rings. The van der Waals surface area contributed by atoms with Crippen LogP contribution < -0.4 is 5.32 Å². The summed E-state index contributed by atoms with van der Waals surface area (Å²) in [6.45, 7) is 0.343. The van der Waals surface area contributed by atoms with E-state index in [0.29, 0.717) is 12.2 Å². The quantitative estimate of drug-likeness (QED) is 0.774. The van der Waals surface area contributed by atoms with E-state index >= 15 is 0 Å². The second-order valence-electron chi connectivity index (χ2n) is 5.89. The van der Waals surface area contributed by atoms with E-state index < -0.39 is 0 Å². The Bertz CT molecular complexity index is 867. The van der Waals surface area contributed by atoms with Crippen LogP contribution in [0, 0.1) is 0 Å². The second-order valence-corrected chi connectivity index (χ2v) is 5.89. The van der Waals surface area contributed by atoms with Gasteiger partial charge in [0.1, 0.15) is 11.2 Å². The molecule has 1 fully saturated rings. The van der Waals surface area contributed by atoms with E-state index in [1.165, 1.54) is 0 Å². The lowest BCUT2D eigenvalue weighted by Crippen LogP contribution is -2.38. The maximum Gasteiger partial charge on any atom is 0.322 e. The maximum atomic E-state index is 12.4. The highest BCUT2D eigenvalue weighted by Crippen LogP contribution is 2.31. The first-order valence-corrected chi connectivity index (χ1v) is 7.86. The normalized spacial score (nSPS) is 14.3. The molecule has 0 aliphatic heterocycles. The monoisotopic (exact) mass is 310 g/mol. The molecule has 2 N–H and O–H groups in total. The molecule has 0 bridgehead atoms. The Kier molecular flexibility index (Phi) is 3.42. The Labute approximate surface area is 133 Å². The number of nitrogens with zero attached hydrogens (tertiary/aromatic N) is 1. The molecule has 118 valence electrons. The Balaban J connectivity index is 1.61. The van der Waals surface area contributed by atoms with Crippen LogP contribution in [0.5, 0.6) is 0 Å². The van der Waals surface area contributed by atoms with Crippen molar-refractivity contribution in [2.75, 3.05) is 18.5 Å². The largest absolute Gasteiger partial charge is 0.456 e. The number of aliphatic hydroxyl groups is 1. The van der Waals surface area contributed by atoms with Crippen LogP contribution in [0.1, 0.15) is 12.8 Å². The lowest BCUT2D eigenvalue weighted by molar-refractivity contribution is 0.185. The van der Waals surface area contributed by atoms with Gasteiger partial charge in [-0.3, -0.25) is 0 Å². The summed E-state index contributed by atoms with van der Waals surface area (Å²) in [5.74, 6) is 0. The van der Waals surface area contributed by atoms with E-state index in [2.05, 4.69) is 5.32 Å². The molecule has 1 aliphatic carbocycles. The fourth-order valence-electron chi connectivity index (χ4n) is 2.94. The van der Waals surface area contributed by atoms with Crippen LogP contribution in [-0.4, -0.2) is 35.2 Å². The molecule has 0 unspecified atom stereocenters. The second kappa shape index (κ2) is 5.59. The minimum absolute atomic E-state index is 0.0213. The van der Waals surface area contributed by atoms with Crippen LogP contribution in [0.15, 0.2) is 46.9 Å². The van der Waals surface area contributed by atoms with Gasteiger partial charge in [-0.25, -0.2) is 4.79 Å². The zero-order chi connectivity index (χ0) is 15.8. The third kappa shape index (κ3) is 2.64. The number of nitrogens with one attached hydrogen (secondary N) is 1. The van der Waals surface area contributed by atoms with Crippen molar-refractivity contribution in [2.45, 2.75) is 18.9 Å². The first kappa shape index (κ1) is 14.1. The van der Waals surface area contributed by atoms with E-state index in [4.69, 9.17) is 9.52 Å². The highest BCUT2D eigenvalue weighted by atomic mass is 16.3. The number of amides is 2. The summed E-state index contributed by atoms with van der Waals surface area (Å²) < 4.78 is 5.84. The number of hydrogen-bond donors (Lipinski definition) is 2. The molecule has 0 atom stereocenters. The van der Waals surface area contributed by atoms with Gasteiger partial charge in [-0.15, -0.1) is 0 Å². The molecular formula is C18H18N2O3. The number of benzene rings is 2. The standard InChI is InChI=1S/C18H18N2O3/c21-10-9-20(13-6-7-13)18(22)19-12-5-8-15-14-3-1-2-4-16(14)23-17(15)11-12/h1-5,8,11,13,21H,6-7,9-10H2,(H,19,22). The molecule has 23 heavy (non-hydrogen) atoms. The molecule has 2 aromatic carbocycles. The summed E-state index contributed by atoms with van der Waals surface area (Å²) >= 11 is 0. The van der Waals surface area contributed by atoms with Crippen LogP contribution >= 0.6 is 0 Å². The average Bonchev–Trinajstić information content (AvgIpc) is 3.32. The van der Waals surface area contributed by atoms with Gasteiger partial charge in [-0.1, -0.05) is 18.2 Å². The molecule has 1 heterocycles. The number of urea groups is 1. The average molecular weight is 310 g/mol. The number of aliphatic hydroxyl groups excluding tert-OH is 1. The Morgan fingerprint density at radius 2 is 1.96 bits per heavy atom. The van der Waals surface area contributed by atoms with Gasteiger partial charge in [-0.2, -0.15) is 0 Å². The number of furan rings is 1. The summed E-state index contributed by atoms with van der Waals surface area (Å²) in [6, 6.07) is 13.7. The van der Waals surface area contributed by atoms with Gasteiger partial charge in [0.25, 0.3) is 0 Å². The minimum Gasteiger partial charge on any atom is -0.456 e. The summed E-state index contributed by atoms with van der Waals surface area (Å²) in [6.07, 6.45) is 2.02. The molecule has 0 radical (unpaired) electrons. The lowest BCUT2D eigenvalue weighted by Gasteiger charge is -2.21. The van der Waals surface area contributed by atoms with Crippen molar-refractivity contribution in [3.8, 4) is 0 Å². The van der Waals surface area contributed by atoms with Gasteiger partial charge in [0.15, 0.2) is 0 Å². The lowest BCUT2D eigenvalue weighted by atomic mass is 10.1. The topological polar surface area (TPSA) is 65.7 Å². The Morgan fingerprint density at radius 3 is 2.74 bits per heavy atom. The SMILES string of the molecule is O=C(Nc1ccc2c(c1)oc1ccccc12)N(CCO)C1CC1. The van der Waals surface area contributed by atoms with E-state index in [1.54, 1.807) is 4.90 Å². The Hall–Kier alpha value is -2.53. The fraction of sp³-hybridized carbons (Fsp3) is 0.278. The number of fused-ring (bicyclic) bond motifs is 3. The van der Waals surface area contributed by atoms with E-state index in [1.807, 2.05) is 42.5 Å². The Morgan fingerprint density at radius 1 is 1.17 bits per heavy atom. The zero-order valence-corrected chi connectivity index (χ0v) is 12.7. The molecule has 5 heteroatoms. The smallest absolute Gasteiger partial charge is 0.322 e. The van der Waals surface area contributed by atoms with Gasteiger partial charge in [0.05, 0.1) is 6.61 Å². The van der Waals surface area contributed by atoms with E-state index in [0.717, 1.165) is 34.8 Å². The van der Waals surface area contributed by atoms with Gasteiger partial charge >= 0.3 is 6.03 Å². The van der Waals surface area contributed by atoms with Crippen LogP contribution in [0.3, 0.4) is 0 Å². The number of para-hydroxylation sites is 1. The maximum absolute atomic E-state index is 12.4. The van der Waals surface area contributed by atoms with Crippen molar-refractivity contribution >= 4 is 33.7 Å². The van der Waals surface area contributed by atoms with Crippen molar-refractivity contribution < 1.29 is 14.3 Å².